The molecule has 94 valence electrons. The molecule has 0 bridgehead atoms. The molecule has 0 saturated heterocycles. The molecule has 0 saturated carbocycles. The first-order valence-corrected chi connectivity index (χ1v) is 6.20. The van der Waals surface area contributed by atoms with Gasteiger partial charge in [-0.15, -0.1) is 0 Å². The lowest BCUT2D eigenvalue weighted by atomic mass is 10.0. The molecule has 17 heavy (non-hydrogen) atoms. The first-order chi connectivity index (χ1) is 8.04. The number of thiol groups is 1. The lowest BCUT2D eigenvalue weighted by Gasteiger charge is -2.21. The summed E-state index contributed by atoms with van der Waals surface area (Å²) in [7, 11) is 3.41. The molecule has 1 rings (SSSR count). The average Bonchev–Trinajstić information content (AvgIpc) is 2.28. The van der Waals surface area contributed by atoms with Crippen molar-refractivity contribution in [2.24, 2.45) is 0 Å². The fraction of sp³-hybridized carbons (Fsp3) is 0.417. The number of carbonyl (C=O) groups excluding carboxylic acids is 1. The molecule has 1 N–H and O–H groups in total. The van der Waals surface area contributed by atoms with Gasteiger partial charge in [-0.3, -0.25) is 4.79 Å². The van der Waals surface area contributed by atoms with Crippen molar-refractivity contribution in [2.75, 3.05) is 14.1 Å². The lowest BCUT2D eigenvalue weighted by molar-refractivity contribution is -0.124. The van der Waals surface area contributed by atoms with Crippen LogP contribution >= 0.6 is 24.4 Å². The average molecular weight is 273 g/mol. The standard InChI is InChI=1S/C12H17ClN2OS/c1-14-12(16)11(15(2)17)7-6-9-4-3-5-10(13)8-9/h3-5,8,11,17H,6-7H2,1-2H3,(H,14,16). The molecule has 0 aromatic heterocycles. The number of halogens is 1. The summed E-state index contributed by atoms with van der Waals surface area (Å²) >= 11 is 10.1. The molecule has 3 nitrogen and oxygen atoms in total. The second-order valence-corrected chi connectivity index (χ2v) is 4.94. The van der Waals surface area contributed by atoms with Crippen molar-refractivity contribution in [1.29, 1.82) is 0 Å². The Morgan fingerprint density at radius 2 is 2.29 bits per heavy atom. The Bertz CT molecular complexity index is 385. The Morgan fingerprint density at radius 1 is 1.59 bits per heavy atom. The third kappa shape index (κ3) is 4.58. The van der Waals surface area contributed by atoms with Crippen LogP contribution in [-0.4, -0.2) is 30.3 Å². The van der Waals surface area contributed by atoms with E-state index in [0.717, 1.165) is 17.0 Å². The number of aryl methyl sites for hydroxylation is 1. The summed E-state index contributed by atoms with van der Waals surface area (Å²) in [4.78, 5) is 11.6. The van der Waals surface area contributed by atoms with E-state index in [1.807, 2.05) is 24.3 Å². The van der Waals surface area contributed by atoms with Crippen molar-refractivity contribution in [1.82, 2.24) is 9.62 Å². The van der Waals surface area contributed by atoms with Crippen LogP contribution in [0.4, 0.5) is 0 Å². The molecule has 1 amide bonds. The molecule has 0 fully saturated rings. The summed E-state index contributed by atoms with van der Waals surface area (Å²) in [6.07, 6.45) is 1.50. The number of amides is 1. The van der Waals surface area contributed by atoms with E-state index in [1.54, 1.807) is 18.4 Å². The van der Waals surface area contributed by atoms with Crippen molar-refractivity contribution in [3.05, 3.63) is 34.9 Å². The van der Waals surface area contributed by atoms with Gasteiger partial charge in [0.2, 0.25) is 5.91 Å². The van der Waals surface area contributed by atoms with Crippen LogP contribution in [-0.2, 0) is 11.2 Å². The predicted molar refractivity (Wildman–Crippen MR) is 74.4 cm³/mol. The summed E-state index contributed by atoms with van der Waals surface area (Å²) in [6, 6.07) is 7.44. The minimum absolute atomic E-state index is 0.0236. The molecule has 1 aromatic carbocycles. The van der Waals surface area contributed by atoms with E-state index >= 15 is 0 Å². The van der Waals surface area contributed by atoms with E-state index < -0.39 is 0 Å². The van der Waals surface area contributed by atoms with E-state index in [2.05, 4.69) is 18.1 Å². The van der Waals surface area contributed by atoms with Gasteiger partial charge in [0.25, 0.3) is 0 Å². The Kier molecular flexibility index (Phi) is 5.82. The summed E-state index contributed by atoms with van der Waals surface area (Å²) < 4.78 is 1.63. The van der Waals surface area contributed by atoms with E-state index in [0.29, 0.717) is 6.42 Å². The largest absolute Gasteiger partial charge is 0.358 e. The molecule has 0 radical (unpaired) electrons. The van der Waals surface area contributed by atoms with Crippen LogP contribution < -0.4 is 5.32 Å². The lowest BCUT2D eigenvalue weighted by Crippen LogP contribution is -2.40. The van der Waals surface area contributed by atoms with Gasteiger partial charge in [-0.1, -0.05) is 36.5 Å². The molecule has 0 spiro atoms. The van der Waals surface area contributed by atoms with Crippen LogP contribution in [0.25, 0.3) is 0 Å². The Morgan fingerprint density at radius 3 is 2.82 bits per heavy atom. The van der Waals surface area contributed by atoms with Gasteiger partial charge in [-0.2, -0.15) is 0 Å². The van der Waals surface area contributed by atoms with Crippen molar-refractivity contribution >= 4 is 30.3 Å². The third-order valence-corrected chi connectivity index (χ3v) is 3.11. The second kappa shape index (κ2) is 6.89. The number of carbonyl (C=O) groups is 1. The van der Waals surface area contributed by atoms with E-state index in [1.165, 1.54) is 0 Å². The monoisotopic (exact) mass is 272 g/mol. The molecule has 0 aliphatic carbocycles. The summed E-state index contributed by atoms with van der Waals surface area (Å²) in [5.74, 6) is -0.0236. The van der Waals surface area contributed by atoms with Crippen LogP contribution in [0, 0.1) is 0 Å². The zero-order valence-electron chi connectivity index (χ0n) is 9.98. The number of rotatable bonds is 5. The molecule has 0 heterocycles. The fourth-order valence-corrected chi connectivity index (χ4v) is 2.08. The first-order valence-electron chi connectivity index (χ1n) is 5.42. The number of nitrogens with one attached hydrogen (secondary N) is 1. The van der Waals surface area contributed by atoms with Crippen LogP contribution in [0.2, 0.25) is 5.02 Å². The van der Waals surface area contributed by atoms with Gasteiger partial charge in [0.1, 0.15) is 0 Å². The maximum Gasteiger partial charge on any atom is 0.238 e. The first kappa shape index (κ1) is 14.4. The van der Waals surface area contributed by atoms with Crippen molar-refractivity contribution in [3.63, 3.8) is 0 Å². The molecule has 1 aromatic rings. The second-order valence-electron chi connectivity index (χ2n) is 3.87. The Labute approximate surface area is 113 Å². The van der Waals surface area contributed by atoms with Crippen LogP contribution in [0.3, 0.4) is 0 Å². The molecular weight excluding hydrogens is 256 g/mol. The van der Waals surface area contributed by atoms with E-state index in [4.69, 9.17) is 11.6 Å². The highest BCUT2D eigenvalue weighted by atomic mass is 35.5. The zero-order chi connectivity index (χ0) is 12.8. The smallest absolute Gasteiger partial charge is 0.238 e. The SMILES string of the molecule is CNC(=O)C(CCc1cccc(Cl)c1)N(C)S. The highest BCUT2D eigenvalue weighted by molar-refractivity contribution is 7.77. The van der Waals surface area contributed by atoms with Gasteiger partial charge in [-0.25, -0.2) is 4.31 Å². The van der Waals surface area contributed by atoms with E-state index in [9.17, 15) is 4.79 Å². The zero-order valence-corrected chi connectivity index (χ0v) is 11.6. The van der Waals surface area contributed by atoms with E-state index in [-0.39, 0.29) is 11.9 Å². The molecule has 1 atom stereocenters. The molecule has 1 unspecified atom stereocenters. The Hall–Kier alpha value is -0.710. The topological polar surface area (TPSA) is 32.3 Å². The Balaban J connectivity index is 2.61. The van der Waals surface area contributed by atoms with Gasteiger partial charge in [0, 0.05) is 12.1 Å². The number of hydrogen-bond acceptors (Lipinski definition) is 3. The van der Waals surface area contributed by atoms with Crippen LogP contribution in [0.5, 0.6) is 0 Å². The maximum atomic E-state index is 11.6. The summed E-state index contributed by atoms with van der Waals surface area (Å²) in [6.45, 7) is 0. The number of nitrogens with zero attached hydrogens (tertiary/aromatic N) is 1. The van der Waals surface area contributed by atoms with Gasteiger partial charge >= 0.3 is 0 Å². The number of benzene rings is 1. The quantitative estimate of drug-likeness (QED) is 0.806. The molecule has 0 aliphatic heterocycles. The minimum atomic E-state index is -0.234. The van der Waals surface area contributed by atoms with Gasteiger partial charge in [0.15, 0.2) is 0 Å². The van der Waals surface area contributed by atoms with Crippen molar-refractivity contribution in [3.8, 4) is 0 Å². The van der Waals surface area contributed by atoms with Gasteiger partial charge in [0.05, 0.1) is 6.04 Å². The number of likely N-dealkylation sites (N-methyl/N-ethyl adjacent to an activating group) is 2. The molecule has 0 aliphatic rings. The highest BCUT2D eigenvalue weighted by Gasteiger charge is 2.19. The molecule has 5 heteroatoms. The molecular formula is C12H17ClN2OS. The van der Waals surface area contributed by atoms with Crippen LogP contribution in [0.1, 0.15) is 12.0 Å². The van der Waals surface area contributed by atoms with Crippen LogP contribution in [0.15, 0.2) is 24.3 Å². The third-order valence-electron chi connectivity index (χ3n) is 2.60. The summed E-state index contributed by atoms with van der Waals surface area (Å²) in [5.41, 5.74) is 1.13. The normalized spacial score (nSPS) is 12.5. The van der Waals surface area contributed by atoms with Gasteiger partial charge in [-0.05, 0) is 37.6 Å². The summed E-state index contributed by atoms with van der Waals surface area (Å²) in [5, 5.41) is 3.36. The van der Waals surface area contributed by atoms with Crippen molar-refractivity contribution in [2.45, 2.75) is 18.9 Å². The number of hydrogen-bond donors (Lipinski definition) is 2. The maximum absolute atomic E-state index is 11.6. The van der Waals surface area contributed by atoms with Crippen molar-refractivity contribution < 1.29 is 4.79 Å². The van der Waals surface area contributed by atoms with Gasteiger partial charge < -0.3 is 5.32 Å². The fourth-order valence-electron chi connectivity index (χ4n) is 1.65. The highest BCUT2D eigenvalue weighted by Crippen LogP contribution is 2.15. The predicted octanol–water partition coefficient (Wildman–Crippen LogP) is 2.16. The minimum Gasteiger partial charge on any atom is -0.358 e.